The van der Waals surface area contributed by atoms with Gasteiger partial charge in [-0.1, -0.05) is 24.3 Å². The summed E-state index contributed by atoms with van der Waals surface area (Å²) in [7, 11) is 1.66. The van der Waals surface area contributed by atoms with E-state index in [1.165, 1.54) is 12.8 Å². The van der Waals surface area contributed by atoms with Gasteiger partial charge in [-0.15, -0.1) is 0 Å². The molecule has 4 rings (SSSR count). The maximum absolute atomic E-state index is 13.0. The molecule has 1 atom stereocenters. The largest absolute Gasteiger partial charge is 0.497 e. The van der Waals surface area contributed by atoms with Crippen molar-refractivity contribution in [2.24, 2.45) is 0 Å². The van der Waals surface area contributed by atoms with Crippen LogP contribution in [0, 0.1) is 0 Å². The highest BCUT2D eigenvalue weighted by atomic mass is 16.5. The number of rotatable bonds is 7. The van der Waals surface area contributed by atoms with Crippen LogP contribution in [0.2, 0.25) is 0 Å². The zero-order valence-electron chi connectivity index (χ0n) is 17.3. The van der Waals surface area contributed by atoms with Crippen LogP contribution in [-0.4, -0.2) is 42.5 Å². The lowest BCUT2D eigenvalue weighted by molar-refractivity contribution is 0.0927. The SMILES string of the molecule is COc1cccc([C@H](CN2CCCC2)NC(=O)c2ccc(-c3ccncc3)cc2)c1. The lowest BCUT2D eigenvalue weighted by atomic mass is 10.0. The summed E-state index contributed by atoms with van der Waals surface area (Å²) in [6, 6.07) is 19.5. The molecule has 3 aromatic rings. The summed E-state index contributed by atoms with van der Waals surface area (Å²) in [6.45, 7) is 2.96. The van der Waals surface area contributed by atoms with Gasteiger partial charge in [-0.2, -0.15) is 0 Å². The number of methoxy groups -OCH3 is 1. The van der Waals surface area contributed by atoms with Gasteiger partial charge in [0.1, 0.15) is 5.75 Å². The van der Waals surface area contributed by atoms with Crippen LogP contribution < -0.4 is 10.1 Å². The molecule has 0 spiro atoms. The number of ether oxygens (including phenoxy) is 1. The number of carbonyl (C=O) groups is 1. The van der Waals surface area contributed by atoms with Crippen molar-refractivity contribution < 1.29 is 9.53 Å². The molecule has 5 heteroatoms. The van der Waals surface area contributed by atoms with Gasteiger partial charge in [-0.05, 0) is 79.0 Å². The van der Waals surface area contributed by atoms with Gasteiger partial charge in [0, 0.05) is 24.5 Å². The van der Waals surface area contributed by atoms with E-state index < -0.39 is 0 Å². The molecule has 30 heavy (non-hydrogen) atoms. The molecule has 0 unspecified atom stereocenters. The lowest BCUT2D eigenvalue weighted by Gasteiger charge is -2.25. The molecule has 1 aromatic heterocycles. The first-order chi connectivity index (χ1) is 14.7. The molecule has 2 aromatic carbocycles. The molecule has 0 saturated carbocycles. The van der Waals surface area contributed by atoms with Crippen molar-refractivity contribution in [2.75, 3.05) is 26.7 Å². The average molecular weight is 402 g/mol. The quantitative estimate of drug-likeness (QED) is 0.640. The Balaban J connectivity index is 1.51. The fourth-order valence-corrected chi connectivity index (χ4v) is 3.92. The van der Waals surface area contributed by atoms with E-state index in [1.807, 2.05) is 54.6 Å². The summed E-state index contributed by atoms with van der Waals surface area (Å²) >= 11 is 0. The van der Waals surface area contributed by atoms with Crippen molar-refractivity contribution in [1.82, 2.24) is 15.2 Å². The van der Waals surface area contributed by atoms with E-state index in [4.69, 9.17) is 4.74 Å². The van der Waals surface area contributed by atoms with Gasteiger partial charge < -0.3 is 15.0 Å². The second-order valence-electron chi connectivity index (χ2n) is 7.62. The van der Waals surface area contributed by atoms with E-state index in [9.17, 15) is 4.79 Å². The van der Waals surface area contributed by atoms with Gasteiger partial charge in [-0.25, -0.2) is 0 Å². The number of pyridine rings is 1. The van der Waals surface area contributed by atoms with Crippen molar-refractivity contribution in [1.29, 1.82) is 0 Å². The smallest absolute Gasteiger partial charge is 0.251 e. The Bertz CT molecular complexity index is 967. The van der Waals surface area contributed by atoms with Crippen molar-refractivity contribution in [2.45, 2.75) is 18.9 Å². The third kappa shape index (κ3) is 4.86. The number of carbonyl (C=O) groups excluding carboxylic acids is 1. The number of likely N-dealkylation sites (tertiary alicyclic amines) is 1. The van der Waals surface area contributed by atoms with Crippen LogP contribution in [-0.2, 0) is 0 Å². The number of amides is 1. The van der Waals surface area contributed by atoms with Crippen molar-refractivity contribution in [3.63, 3.8) is 0 Å². The average Bonchev–Trinajstić information content (AvgIpc) is 3.32. The zero-order valence-corrected chi connectivity index (χ0v) is 17.3. The van der Waals surface area contributed by atoms with Gasteiger partial charge in [0.15, 0.2) is 0 Å². The summed E-state index contributed by atoms with van der Waals surface area (Å²) in [4.78, 5) is 19.5. The Morgan fingerprint density at radius 3 is 2.43 bits per heavy atom. The van der Waals surface area contributed by atoms with Crippen LogP contribution in [0.4, 0.5) is 0 Å². The summed E-state index contributed by atoms with van der Waals surface area (Å²) in [5, 5.41) is 3.24. The summed E-state index contributed by atoms with van der Waals surface area (Å²) in [5.41, 5.74) is 3.86. The minimum Gasteiger partial charge on any atom is -0.497 e. The monoisotopic (exact) mass is 401 g/mol. The molecule has 0 bridgehead atoms. The number of hydrogen-bond acceptors (Lipinski definition) is 4. The molecular formula is C25H27N3O2. The lowest BCUT2D eigenvalue weighted by Crippen LogP contribution is -2.37. The third-order valence-corrected chi connectivity index (χ3v) is 5.60. The molecule has 0 aliphatic carbocycles. The highest BCUT2D eigenvalue weighted by molar-refractivity contribution is 5.95. The van der Waals surface area contributed by atoms with Crippen LogP contribution >= 0.6 is 0 Å². The standard InChI is InChI=1S/C25H27N3O2/c1-30-23-6-4-5-22(17-23)24(18-28-15-2-3-16-28)27-25(29)21-9-7-19(8-10-21)20-11-13-26-14-12-20/h4-14,17,24H,2-3,15-16,18H2,1H3,(H,27,29)/t24-/m0/s1. The Kier molecular flexibility index (Phi) is 6.40. The van der Waals surface area contributed by atoms with E-state index in [-0.39, 0.29) is 11.9 Å². The first kappa shape index (κ1) is 20.1. The van der Waals surface area contributed by atoms with Crippen LogP contribution in [0.3, 0.4) is 0 Å². The van der Waals surface area contributed by atoms with E-state index in [2.05, 4.69) is 21.3 Å². The predicted molar refractivity (Wildman–Crippen MR) is 119 cm³/mol. The van der Waals surface area contributed by atoms with Crippen LogP contribution in [0.15, 0.2) is 73.1 Å². The highest BCUT2D eigenvalue weighted by Gasteiger charge is 2.21. The van der Waals surface area contributed by atoms with Gasteiger partial charge in [0.25, 0.3) is 5.91 Å². The Morgan fingerprint density at radius 1 is 1.03 bits per heavy atom. The molecular weight excluding hydrogens is 374 g/mol. The summed E-state index contributed by atoms with van der Waals surface area (Å²) < 4.78 is 5.39. The van der Waals surface area contributed by atoms with Gasteiger partial charge >= 0.3 is 0 Å². The predicted octanol–water partition coefficient (Wildman–Crippen LogP) is 4.32. The van der Waals surface area contributed by atoms with Gasteiger partial charge in [0.05, 0.1) is 13.2 Å². The zero-order chi connectivity index (χ0) is 20.8. The first-order valence-corrected chi connectivity index (χ1v) is 10.4. The minimum atomic E-state index is -0.0921. The molecule has 1 aliphatic heterocycles. The highest BCUT2D eigenvalue weighted by Crippen LogP contribution is 2.23. The fraction of sp³-hybridized carbons (Fsp3) is 0.280. The molecule has 1 N–H and O–H groups in total. The Labute approximate surface area is 177 Å². The summed E-state index contributed by atoms with van der Waals surface area (Å²) in [6.07, 6.45) is 5.98. The molecule has 154 valence electrons. The van der Waals surface area contributed by atoms with Crippen molar-refractivity contribution >= 4 is 5.91 Å². The summed E-state index contributed by atoms with van der Waals surface area (Å²) in [5.74, 6) is 0.734. The van der Waals surface area contributed by atoms with Crippen LogP contribution in [0.1, 0.15) is 34.8 Å². The van der Waals surface area contributed by atoms with E-state index in [0.29, 0.717) is 5.56 Å². The normalized spacial score (nSPS) is 15.0. The van der Waals surface area contributed by atoms with Gasteiger partial charge in [-0.3, -0.25) is 9.78 Å². The van der Waals surface area contributed by atoms with Gasteiger partial charge in [0.2, 0.25) is 0 Å². The molecule has 2 heterocycles. The topological polar surface area (TPSA) is 54.5 Å². The van der Waals surface area contributed by atoms with Crippen molar-refractivity contribution in [3.05, 3.63) is 84.2 Å². The number of nitrogens with zero attached hydrogens (tertiary/aromatic N) is 2. The number of hydrogen-bond donors (Lipinski definition) is 1. The van der Waals surface area contributed by atoms with E-state index in [0.717, 1.165) is 42.1 Å². The van der Waals surface area contributed by atoms with Crippen LogP contribution in [0.25, 0.3) is 11.1 Å². The third-order valence-electron chi connectivity index (χ3n) is 5.60. The Hall–Kier alpha value is -3.18. The van der Waals surface area contributed by atoms with Crippen LogP contribution in [0.5, 0.6) is 5.75 Å². The maximum Gasteiger partial charge on any atom is 0.251 e. The molecule has 1 amide bonds. The maximum atomic E-state index is 13.0. The first-order valence-electron chi connectivity index (χ1n) is 10.4. The molecule has 1 aliphatic rings. The van der Waals surface area contributed by atoms with E-state index >= 15 is 0 Å². The number of nitrogens with one attached hydrogen (secondary N) is 1. The molecule has 1 saturated heterocycles. The van der Waals surface area contributed by atoms with E-state index in [1.54, 1.807) is 19.5 Å². The second kappa shape index (κ2) is 9.55. The van der Waals surface area contributed by atoms with Crippen molar-refractivity contribution in [3.8, 4) is 16.9 Å². The molecule has 5 nitrogen and oxygen atoms in total. The fourth-order valence-electron chi connectivity index (χ4n) is 3.92. The Morgan fingerprint density at radius 2 is 1.73 bits per heavy atom. The molecule has 1 fully saturated rings. The second-order valence-corrected chi connectivity index (χ2v) is 7.62. The number of aromatic nitrogens is 1. The molecule has 0 radical (unpaired) electrons. The number of benzene rings is 2. The minimum absolute atomic E-state index is 0.0664.